The van der Waals surface area contributed by atoms with Crippen molar-refractivity contribution in [1.82, 2.24) is 10.2 Å². The van der Waals surface area contributed by atoms with Crippen molar-refractivity contribution in [3.05, 3.63) is 40.0 Å². The van der Waals surface area contributed by atoms with Gasteiger partial charge in [0.05, 0.1) is 0 Å². The third-order valence-electron chi connectivity index (χ3n) is 2.28. The lowest BCUT2D eigenvalue weighted by molar-refractivity contribution is -0.141. The Morgan fingerprint density at radius 1 is 1.22 bits per heavy atom. The number of hydrogen-bond acceptors (Lipinski definition) is 2. The third-order valence-corrected chi connectivity index (χ3v) is 2.81. The highest BCUT2D eigenvalue weighted by molar-refractivity contribution is 9.10. The lowest BCUT2D eigenvalue weighted by Crippen LogP contribution is -2.07. The van der Waals surface area contributed by atoms with Crippen molar-refractivity contribution in [3.63, 3.8) is 0 Å². The van der Waals surface area contributed by atoms with Gasteiger partial charge in [0.1, 0.15) is 17.3 Å². The Morgan fingerprint density at radius 3 is 2.33 bits per heavy atom. The van der Waals surface area contributed by atoms with Crippen molar-refractivity contribution in [2.75, 3.05) is 0 Å². The molecule has 0 amide bonds. The summed E-state index contributed by atoms with van der Waals surface area (Å²) in [6, 6.07) is 8.04. The molecule has 0 unspecified atom stereocenters. The number of H-pyrrole nitrogens is 1. The first-order valence-electron chi connectivity index (χ1n) is 4.75. The quantitative estimate of drug-likeness (QED) is 0.871. The summed E-state index contributed by atoms with van der Waals surface area (Å²) in [5, 5.41) is 14.3. The van der Waals surface area contributed by atoms with Crippen molar-refractivity contribution >= 4 is 15.9 Å². The van der Waals surface area contributed by atoms with Gasteiger partial charge < -0.3 is 0 Å². The van der Waals surface area contributed by atoms with E-state index in [-0.39, 0.29) is 5.69 Å². The molecule has 0 atom stereocenters. The van der Waals surface area contributed by atoms with Gasteiger partial charge in [-0.15, -0.1) is 0 Å². The molecule has 0 bridgehead atoms. The minimum Gasteiger partial charge on any atom is -0.272 e. The second kappa shape index (κ2) is 4.46. The van der Waals surface area contributed by atoms with Gasteiger partial charge in [-0.05, 0) is 12.1 Å². The molecule has 0 saturated carbocycles. The SMILES string of the molecule is N#Cc1c(-c2ccc(Br)cc2)n[nH]c1C(F)(F)F. The third kappa shape index (κ3) is 2.24. The number of alkyl halides is 3. The fourth-order valence-corrected chi connectivity index (χ4v) is 1.74. The Morgan fingerprint density at radius 2 is 1.83 bits per heavy atom. The Labute approximate surface area is 108 Å². The number of nitrogens with zero attached hydrogens (tertiary/aromatic N) is 2. The molecule has 1 N–H and O–H groups in total. The van der Waals surface area contributed by atoms with Crippen molar-refractivity contribution < 1.29 is 13.2 Å². The van der Waals surface area contributed by atoms with E-state index >= 15 is 0 Å². The zero-order valence-corrected chi connectivity index (χ0v) is 10.3. The van der Waals surface area contributed by atoms with Crippen LogP contribution in [0, 0.1) is 11.3 Å². The molecule has 1 heterocycles. The number of hydrogen-bond donors (Lipinski definition) is 1. The molecule has 0 spiro atoms. The van der Waals surface area contributed by atoms with Gasteiger partial charge in [0.15, 0.2) is 5.69 Å². The number of nitriles is 1. The summed E-state index contributed by atoms with van der Waals surface area (Å²) < 4.78 is 38.6. The molecular formula is C11H5BrF3N3. The minimum atomic E-state index is -4.62. The molecule has 0 aliphatic rings. The van der Waals surface area contributed by atoms with E-state index in [4.69, 9.17) is 5.26 Å². The second-order valence-corrected chi connectivity index (χ2v) is 4.35. The Bertz CT molecular complexity index is 608. The highest BCUT2D eigenvalue weighted by Crippen LogP contribution is 2.34. The van der Waals surface area contributed by atoms with Crippen LogP contribution in [0.4, 0.5) is 13.2 Å². The molecule has 1 aromatic carbocycles. The van der Waals surface area contributed by atoms with Gasteiger partial charge in [0.2, 0.25) is 0 Å². The molecule has 7 heteroatoms. The smallest absolute Gasteiger partial charge is 0.272 e. The molecule has 0 aliphatic carbocycles. The van der Waals surface area contributed by atoms with Crippen LogP contribution in [0.1, 0.15) is 11.3 Å². The number of nitrogens with one attached hydrogen (secondary N) is 1. The van der Waals surface area contributed by atoms with Gasteiger partial charge in [-0.3, -0.25) is 5.10 Å². The van der Waals surface area contributed by atoms with Crippen LogP contribution in [0.3, 0.4) is 0 Å². The van der Waals surface area contributed by atoms with E-state index in [0.29, 0.717) is 5.56 Å². The largest absolute Gasteiger partial charge is 0.434 e. The maximum Gasteiger partial charge on any atom is 0.434 e. The van der Waals surface area contributed by atoms with E-state index in [1.807, 2.05) is 5.10 Å². The minimum absolute atomic E-state index is 0.00248. The Balaban J connectivity index is 2.57. The summed E-state index contributed by atoms with van der Waals surface area (Å²) >= 11 is 3.22. The molecule has 1 aromatic heterocycles. The summed E-state index contributed by atoms with van der Waals surface area (Å²) in [5.74, 6) is 0. The van der Waals surface area contributed by atoms with E-state index in [0.717, 1.165) is 4.47 Å². The van der Waals surface area contributed by atoms with Crippen LogP contribution in [-0.2, 0) is 6.18 Å². The van der Waals surface area contributed by atoms with Gasteiger partial charge >= 0.3 is 6.18 Å². The highest BCUT2D eigenvalue weighted by Gasteiger charge is 2.37. The molecule has 2 aromatic rings. The van der Waals surface area contributed by atoms with Crippen LogP contribution in [-0.4, -0.2) is 10.2 Å². The fourth-order valence-electron chi connectivity index (χ4n) is 1.47. The Kier molecular flexibility index (Phi) is 3.13. The number of aromatic amines is 1. The molecule has 0 fully saturated rings. The zero-order chi connectivity index (χ0) is 13.3. The van der Waals surface area contributed by atoms with Gasteiger partial charge in [-0.2, -0.15) is 23.5 Å². The number of rotatable bonds is 1. The van der Waals surface area contributed by atoms with Crippen molar-refractivity contribution in [3.8, 4) is 17.3 Å². The summed E-state index contributed by atoms with van der Waals surface area (Å²) in [6.45, 7) is 0. The molecular weight excluding hydrogens is 311 g/mol. The van der Waals surface area contributed by atoms with E-state index in [1.165, 1.54) is 6.07 Å². The summed E-state index contributed by atoms with van der Waals surface area (Å²) in [5.41, 5.74) is -1.17. The van der Waals surface area contributed by atoms with Crippen LogP contribution in [0.2, 0.25) is 0 Å². The standard InChI is InChI=1S/C11H5BrF3N3/c12-7-3-1-6(2-4-7)9-8(5-16)10(18-17-9)11(13,14)15/h1-4H,(H,17,18). The number of aromatic nitrogens is 2. The molecule has 2 rings (SSSR count). The van der Waals surface area contributed by atoms with E-state index in [9.17, 15) is 13.2 Å². The van der Waals surface area contributed by atoms with Crippen molar-refractivity contribution in [1.29, 1.82) is 5.26 Å². The Hall–Kier alpha value is -1.81. The number of halogens is 4. The molecule has 18 heavy (non-hydrogen) atoms. The van der Waals surface area contributed by atoms with E-state index in [2.05, 4.69) is 21.0 Å². The average Bonchev–Trinajstić information content (AvgIpc) is 2.73. The first-order valence-corrected chi connectivity index (χ1v) is 5.54. The first-order chi connectivity index (χ1) is 8.43. The topological polar surface area (TPSA) is 52.5 Å². The van der Waals surface area contributed by atoms with Crippen LogP contribution in [0.25, 0.3) is 11.3 Å². The van der Waals surface area contributed by atoms with Crippen LogP contribution in [0.5, 0.6) is 0 Å². The van der Waals surface area contributed by atoms with E-state index < -0.39 is 17.4 Å². The monoisotopic (exact) mass is 315 g/mol. The predicted molar refractivity (Wildman–Crippen MR) is 61.4 cm³/mol. The summed E-state index contributed by atoms with van der Waals surface area (Å²) in [4.78, 5) is 0. The zero-order valence-electron chi connectivity index (χ0n) is 8.72. The van der Waals surface area contributed by atoms with Crippen LogP contribution in [0.15, 0.2) is 28.7 Å². The molecule has 0 aliphatic heterocycles. The maximum atomic E-state index is 12.6. The fraction of sp³-hybridized carbons (Fsp3) is 0.0909. The van der Waals surface area contributed by atoms with Crippen molar-refractivity contribution in [2.45, 2.75) is 6.18 Å². The molecule has 92 valence electrons. The van der Waals surface area contributed by atoms with Crippen LogP contribution < -0.4 is 0 Å². The molecule has 0 saturated heterocycles. The normalized spacial score (nSPS) is 11.3. The number of benzene rings is 1. The lowest BCUT2D eigenvalue weighted by atomic mass is 10.1. The maximum absolute atomic E-state index is 12.6. The summed E-state index contributed by atoms with van der Waals surface area (Å²) in [6.07, 6.45) is -4.62. The van der Waals surface area contributed by atoms with E-state index in [1.54, 1.807) is 24.3 Å². The van der Waals surface area contributed by atoms with Gasteiger partial charge in [0.25, 0.3) is 0 Å². The van der Waals surface area contributed by atoms with Crippen molar-refractivity contribution in [2.24, 2.45) is 0 Å². The van der Waals surface area contributed by atoms with Crippen LogP contribution >= 0.6 is 15.9 Å². The summed E-state index contributed by atoms with van der Waals surface area (Å²) in [7, 11) is 0. The molecule has 3 nitrogen and oxygen atoms in total. The molecule has 0 radical (unpaired) electrons. The highest BCUT2D eigenvalue weighted by atomic mass is 79.9. The predicted octanol–water partition coefficient (Wildman–Crippen LogP) is 3.73. The lowest BCUT2D eigenvalue weighted by Gasteiger charge is -2.03. The van der Waals surface area contributed by atoms with Gasteiger partial charge in [-0.1, -0.05) is 28.1 Å². The second-order valence-electron chi connectivity index (χ2n) is 3.44. The first kappa shape index (κ1) is 12.6. The van der Waals surface area contributed by atoms with Gasteiger partial charge in [0, 0.05) is 10.0 Å². The average molecular weight is 316 g/mol. The van der Waals surface area contributed by atoms with Gasteiger partial charge in [-0.25, -0.2) is 0 Å².